The molecule has 0 aromatic heterocycles. The van der Waals surface area contributed by atoms with Crippen LogP contribution < -0.4 is 5.32 Å². The Labute approximate surface area is 127 Å². The van der Waals surface area contributed by atoms with Crippen LogP contribution in [0.2, 0.25) is 0 Å². The van der Waals surface area contributed by atoms with Crippen molar-refractivity contribution in [2.75, 3.05) is 13.7 Å². The molecule has 1 amide bonds. The van der Waals surface area contributed by atoms with Gasteiger partial charge in [0.25, 0.3) is 0 Å². The average Bonchev–Trinajstić information content (AvgIpc) is 2.51. The lowest BCUT2D eigenvalue weighted by Crippen LogP contribution is -2.29. The lowest BCUT2D eigenvalue weighted by molar-refractivity contribution is -0.141. The molecule has 1 rings (SSSR count). The SMILES string of the molecule is CC.CCC(=O)NCC(=O)OC.Cc1ccc(O)c(C)c1. The van der Waals surface area contributed by atoms with E-state index < -0.39 is 5.97 Å². The van der Waals surface area contributed by atoms with Gasteiger partial charge in [-0.05, 0) is 25.5 Å². The van der Waals surface area contributed by atoms with E-state index in [1.807, 2.05) is 39.8 Å². The number of hydrogen-bond donors (Lipinski definition) is 2. The molecule has 0 spiro atoms. The number of amides is 1. The van der Waals surface area contributed by atoms with Crippen molar-refractivity contribution in [1.29, 1.82) is 0 Å². The zero-order valence-corrected chi connectivity index (χ0v) is 13.8. The number of rotatable bonds is 3. The normalized spacial score (nSPS) is 8.48. The number of hydrogen-bond acceptors (Lipinski definition) is 4. The van der Waals surface area contributed by atoms with Crippen molar-refractivity contribution in [2.24, 2.45) is 0 Å². The van der Waals surface area contributed by atoms with Gasteiger partial charge in [0.2, 0.25) is 5.91 Å². The van der Waals surface area contributed by atoms with E-state index >= 15 is 0 Å². The summed E-state index contributed by atoms with van der Waals surface area (Å²) < 4.78 is 4.29. The van der Waals surface area contributed by atoms with Crippen LogP contribution in [0.25, 0.3) is 0 Å². The monoisotopic (exact) mass is 297 g/mol. The van der Waals surface area contributed by atoms with Gasteiger partial charge in [-0.2, -0.15) is 0 Å². The molecule has 120 valence electrons. The third-order valence-corrected chi connectivity index (χ3v) is 2.33. The average molecular weight is 297 g/mol. The molecule has 0 aliphatic heterocycles. The molecule has 0 unspecified atom stereocenters. The second kappa shape index (κ2) is 13.0. The van der Waals surface area contributed by atoms with Crippen LogP contribution in [0, 0.1) is 13.8 Å². The van der Waals surface area contributed by atoms with Gasteiger partial charge in [-0.1, -0.05) is 38.5 Å². The lowest BCUT2D eigenvalue weighted by Gasteiger charge is -1.99. The highest BCUT2D eigenvalue weighted by atomic mass is 16.5. The smallest absolute Gasteiger partial charge is 0.325 e. The number of carbonyl (C=O) groups is 2. The number of ether oxygens (including phenoxy) is 1. The molecule has 5 nitrogen and oxygen atoms in total. The largest absolute Gasteiger partial charge is 0.508 e. The number of esters is 1. The molecule has 5 heteroatoms. The van der Waals surface area contributed by atoms with E-state index in [1.54, 1.807) is 13.0 Å². The van der Waals surface area contributed by atoms with Crippen LogP contribution in [0.5, 0.6) is 5.75 Å². The predicted octanol–water partition coefficient (Wildman–Crippen LogP) is 2.72. The number of phenolic OH excluding ortho intramolecular Hbond substituents is 1. The maximum atomic E-state index is 10.5. The van der Waals surface area contributed by atoms with Gasteiger partial charge in [0, 0.05) is 6.42 Å². The van der Waals surface area contributed by atoms with Gasteiger partial charge in [0.05, 0.1) is 7.11 Å². The molecular weight excluding hydrogens is 270 g/mol. The van der Waals surface area contributed by atoms with Crippen LogP contribution in [-0.4, -0.2) is 30.6 Å². The fraction of sp³-hybridized carbons (Fsp3) is 0.500. The summed E-state index contributed by atoms with van der Waals surface area (Å²) in [6, 6.07) is 5.56. The fourth-order valence-corrected chi connectivity index (χ4v) is 1.17. The number of carbonyl (C=O) groups excluding carboxylic acids is 2. The summed E-state index contributed by atoms with van der Waals surface area (Å²) >= 11 is 0. The maximum Gasteiger partial charge on any atom is 0.325 e. The molecule has 0 saturated carbocycles. The first-order valence-corrected chi connectivity index (χ1v) is 7.00. The summed E-state index contributed by atoms with van der Waals surface area (Å²) in [4.78, 5) is 20.9. The quantitative estimate of drug-likeness (QED) is 0.841. The molecule has 21 heavy (non-hydrogen) atoms. The molecule has 0 atom stereocenters. The zero-order valence-electron chi connectivity index (χ0n) is 13.8. The van der Waals surface area contributed by atoms with Gasteiger partial charge >= 0.3 is 5.97 Å². The molecule has 0 radical (unpaired) electrons. The topological polar surface area (TPSA) is 75.6 Å². The van der Waals surface area contributed by atoms with Crippen molar-refractivity contribution in [3.63, 3.8) is 0 Å². The highest BCUT2D eigenvalue weighted by molar-refractivity contribution is 5.81. The van der Waals surface area contributed by atoms with Crippen molar-refractivity contribution >= 4 is 11.9 Å². The summed E-state index contributed by atoms with van der Waals surface area (Å²) in [6.45, 7) is 9.57. The first kappa shape index (κ1) is 21.3. The molecule has 2 N–H and O–H groups in total. The van der Waals surface area contributed by atoms with E-state index in [2.05, 4.69) is 10.1 Å². The Bertz CT molecular complexity index is 414. The molecule has 0 aliphatic rings. The van der Waals surface area contributed by atoms with Crippen molar-refractivity contribution in [2.45, 2.75) is 41.0 Å². The summed E-state index contributed by atoms with van der Waals surface area (Å²) in [5.41, 5.74) is 2.13. The second-order valence-corrected chi connectivity index (χ2v) is 4.00. The fourth-order valence-electron chi connectivity index (χ4n) is 1.17. The highest BCUT2D eigenvalue weighted by Crippen LogP contribution is 2.15. The van der Waals surface area contributed by atoms with E-state index in [4.69, 9.17) is 5.11 Å². The van der Waals surface area contributed by atoms with E-state index in [1.165, 1.54) is 12.7 Å². The predicted molar refractivity (Wildman–Crippen MR) is 84.2 cm³/mol. The third kappa shape index (κ3) is 11.5. The van der Waals surface area contributed by atoms with Crippen molar-refractivity contribution < 1.29 is 19.4 Å². The van der Waals surface area contributed by atoms with Crippen molar-refractivity contribution in [1.82, 2.24) is 5.32 Å². The van der Waals surface area contributed by atoms with Crippen LogP contribution in [0.4, 0.5) is 0 Å². The van der Waals surface area contributed by atoms with Gasteiger partial charge in [0.1, 0.15) is 12.3 Å². The Morgan fingerprint density at radius 1 is 1.24 bits per heavy atom. The lowest BCUT2D eigenvalue weighted by atomic mass is 10.1. The number of aromatic hydroxyl groups is 1. The van der Waals surface area contributed by atoms with Gasteiger partial charge in [-0.25, -0.2) is 0 Å². The van der Waals surface area contributed by atoms with Gasteiger partial charge in [0.15, 0.2) is 0 Å². The van der Waals surface area contributed by atoms with Crippen LogP contribution >= 0.6 is 0 Å². The Hall–Kier alpha value is -2.04. The molecule has 0 heterocycles. The Morgan fingerprint density at radius 2 is 1.81 bits per heavy atom. The van der Waals surface area contributed by atoms with Crippen molar-refractivity contribution in [3.05, 3.63) is 29.3 Å². The van der Waals surface area contributed by atoms with Crippen LogP contribution in [0.15, 0.2) is 18.2 Å². The number of phenols is 1. The molecule has 0 fully saturated rings. The summed E-state index contributed by atoms with van der Waals surface area (Å²) in [5, 5.41) is 11.4. The standard InChI is InChI=1S/C8H10O.C6H11NO3.C2H6/c1-6-3-4-8(9)7(2)5-6;1-3-5(8)7-4-6(9)10-2;1-2/h3-5,9H,1-2H3;3-4H2,1-2H3,(H,7,8);1-2H3. The Balaban J connectivity index is 0. The molecule has 0 bridgehead atoms. The summed E-state index contributed by atoms with van der Waals surface area (Å²) in [6.07, 6.45) is 0.386. The number of benzene rings is 1. The highest BCUT2D eigenvalue weighted by Gasteiger charge is 2.01. The van der Waals surface area contributed by atoms with E-state index in [0.717, 1.165) is 5.56 Å². The van der Waals surface area contributed by atoms with Crippen LogP contribution in [-0.2, 0) is 14.3 Å². The third-order valence-electron chi connectivity index (χ3n) is 2.33. The van der Waals surface area contributed by atoms with Gasteiger partial charge < -0.3 is 15.2 Å². The van der Waals surface area contributed by atoms with E-state index in [9.17, 15) is 9.59 Å². The van der Waals surface area contributed by atoms with Gasteiger partial charge in [-0.3, -0.25) is 9.59 Å². The first-order valence-electron chi connectivity index (χ1n) is 7.00. The summed E-state index contributed by atoms with van der Waals surface area (Å²) in [5.74, 6) is -0.201. The minimum atomic E-state index is -0.429. The van der Waals surface area contributed by atoms with E-state index in [-0.39, 0.29) is 12.5 Å². The van der Waals surface area contributed by atoms with Gasteiger partial charge in [-0.15, -0.1) is 0 Å². The molecular formula is C16H27NO4. The maximum absolute atomic E-state index is 10.5. The Kier molecular flexibility index (Phi) is 13.1. The zero-order chi connectivity index (χ0) is 16.8. The number of aryl methyl sites for hydroxylation is 2. The number of methoxy groups -OCH3 is 1. The van der Waals surface area contributed by atoms with Crippen LogP contribution in [0.3, 0.4) is 0 Å². The Morgan fingerprint density at radius 3 is 2.19 bits per heavy atom. The second-order valence-electron chi connectivity index (χ2n) is 4.00. The van der Waals surface area contributed by atoms with E-state index in [0.29, 0.717) is 12.2 Å². The van der Waals surface area contributed by atoms with Crippen LogP contribution in [0.1, 0.15) is 38.3 Å². The number of nitrogens with one attached hydrogen (secondary N) is 1. The minimum absolute atomic E-state index is 0.0385. The molecule has 1 aromatic carbocycles. The van der Waals surface area contributed by atoms with Crippen molar-refractivity contribution in [3.8, 4) is 5.75 Å². The minimum Gasteiger partial charge on any atom is -0.508 e. The first-order chi connectivity index (χ1) is 9.90. The molecule has 1 aromatic rings. The molecule has 0 aliphatic carbocycles. The summed E-state index contributed by atoms with van der Waals surface area (Å²) in [7, 11) is 1.28. The molecule has 0 saturated heterocycles.